The van der Waals surface area contributed by atoms with Crippen LogP contribution in [0.4, 0.5) is 0 Å². The first-order chi connectivity index (χ1) is 9.76. The van der Waals surface area contributed by atoms with E-state index in [0.29, 0.717) is 18.5 Å². The number of carbonyl (C=O) groups is 1. The van der Waals surface area contributed by atoms with Gasteiger partial charge in [-0.1, -0.05) is 31.0 Å². The molecule has 4 N–H and O–H groups in total. The van der Waals surface area contributed by atoms with E-state index in [9.17, 15) is 9.90 Å². The predicted octanol–water partition coefficient (Wildman–Crippen LogP) is 1.47. The number of hydrogen-bond donors (Lipinski definition) is 3. The van der Waals surface area contributed by atoms with Crippen molar-refractivity contribution >= 4 is 5.91 Å². The van der Waals surface area contributed by atoms with Gasteiger partial charge in [0.15, 0.2) is 0 Å². The Bertz CT molecular complexity index is 448. The first kappa shape index (κ1) is 15.0. The summed E-state index contributed by atoms with van der Waals surface area (Å²) in [5, 5.41) is 12.5. The van der Waals surface area contributed by atoms with Gasteiger partial charge in [-0.15, -0.1) is 0 Å². The zero-order valence-corrected chi connectivity index (χ0v) is 11.8. The minimum absolute atomic E-state index is 0.0422. The number of nitrogens with two attached hydrogens (primary N) is 1. The molecule has 0 spiro atoms. The van der Waals surface area contributed by atoms with Crippen molar-refractivity contribution in [1.82, 2.24) is 5.32 Å². The average molecular weight is 276 g/mol. The van der Waals surface area contributed by atoms with Gasteiger partial charge in [0, 0.05) is 24.1 Å². The fourth-order valence-electron chi connectivity index (χ4n) is 2.98. The standard InChI is InChI=1S/C16H24N2O2/c17-10-9-12-5-1-3-7-14(12)16(20)18-15-8-4-2-6-13(15)11-19/h1,3,5,7,13,15,19H,2,4,6,8-11,17H2,(H,18,20). The second-order valence-electron chi connectivity index (χ2n) is 5.50. The van der Waals surface area contributed by atoms with Crippen LogP contribution >= 0.6 is 0 Å². The van der Waals surface area contributed by atoms with Crippen molar-refractivity contribution in [2.24, 2.45) is 11.7 Å². The Labute approximate surface area is 120 Å². The highest BCUT2D eigenvalue weighted by Crippen LogP contribution is 2.24. The highest BCUT2D eigenvalue weighted by molar-refractivity contribution is 5.95. The van der Waals surface area contributed by atoms with E-state index in [1.165, 1.54) is 0 Å². The third-order valence-electron chi connectivity index (χ3n) is 4.14. The first-order valence-corrected chi connectivity index (χ1v) is 7.46. The van der Waals surface area contributed by atoms with Crippen LogP contribution in [0.1, 0.15) is 41.6 Å². The second-order valence-corrected chi connectivity index (χ2v) is 5.50. The second kappa shape index (κ2) is 7.41. The van der Waals surface area contributed by atoms with Crippen LogP contribution < -0.4 is 11.1 Å². The molecule has 0 radical (unpaired) electrons. The van der Waals surface area contributed by atoms with E-state index in [-0.39, 0.29) is 24.5 Å². The highest BCUT2D eigenvalue weighted by atomic mass is 16.3. The molecule has 4 nitrogen and oxygen atoms in total. The predicted molar refractivity (Wildman–Crippen MR) is 79.5 cm³/mol. The number of hydrogen-bond acceptors (Lipinski definition) is 3. The number of nitrogens with one attached hydrogen (secondary N) is 1. The molecule has 110 valence electrons. The van der Waals surface area contributed by atoms with Gasteiger partial charge in [0.25, 0.3) is 5.91 Å². The van der Waals surface area contributed by atoms with Crippen molar-refractivity contribution in [1.29, 1.82) is 0 Å². The van der Waals surface area contributed by atoms with Crippen molar-refractivity contribution in [3.63, 3.8) is 0 Å². The van der Waals surface area contributed by atoms with Crippen LogP contribution in [0.5, 0.6) is 0 Å². The molecule has 0 bridgehead atoms. The summed E-state index contributed by atoms with van der Waals surface area (Å²) in [5.74, 6) is 0.147. The van der Waals surface area contributed by atoms with Gasteiger partial charge in [-0.2, -0.15) is 0 Å². The molecule has 2 atom stereocenters. The third-order valence-corrected chi connectivity index (χ3v) is 4.14. The molecule has 1 aliphatic carbocycles. The maximum atomic E-state index is 12.4. The Hall–Kier alpha value is -1.39. The summed E-state index contributed by atoms with van der Waals surface area (Å²) in [6, 6.07) is 7.69. The summed E-state index contributed by atoms with van der Waals surface area (Å²) >= 11 is 0. The topological polar surface area (TPSA) is 75.4 Å². The Morgan fingerprint density at radius 1 is 1.30 bits per heavy atom. The minimum atomic E-state index is -0.0422. The molecule has 0 heterocycles. The summed E-state index contributed by atoms with van der Waals surface area (Å²) < 4.78 is 0. The van der Waals surface area contributed by atoms with E-state index >= 15 is 0 Å². The fraction of sp³-hybridized carbons (Fsp3) is 0.562. The molecule has 1 aromatic rings. The molecule has 2 rings (SSSR count). The third kappa shape index (κ3) is 3.58. The summed E-state index contributed by atoms with van der Waals surface area (Å²) in [4.78, 5) is 12.4. The molecule has 1 saturated carbocycles. The van der Waals surface area contributed by atoms with E-state index in [1.54, 1.807) is 0 Å². The number of carbonyl (C=O) groups excluding carboxylic acids is 1. The molecule has 0 aromatic heterocycles. The van der Waals surface area contributed by atoms with E-state index in [0.717, 1.165) is 31.2 Å². The molecule has 4 heteroatoms. The molecule has 0 aliphatic heterocycles. The van der Waals surface area contributed by atoms with Crippen LogP contribution in [-0.4, -0.2) is 30.2 Å². The highest BCUT2D eigenvalue weighted by Gasteiger charge is 2.26. The van der Waals surface area contributed by atoms with E-state index in [2.05, 4.69) is 5.32 Å². The van der Waals surface area contributed by atoms with Gasteiger partial charge in [-0.25, -0.2) is 0 Å². The van der Waals surface area contributed by atoms with Gasteiger partial charge < -0.3 is 16.2 Å². The van der Waals surface area contributed by atoms with Crippen LogP contribution in [0, 0.1) is 5.92 Å². The molecule has 20 heavy (non-hydrogen) atoms. The van der Waals surface area contributed by atoms with Gasteiger partial charge in [0.05, 0.1) is 0 Å². The van der Waals surface area contributed by atoms with Crippen LogP contribution in [0.25, 0.3) is 0 Å². The molecule has 1 amide bonds. The molecule has 1 fully saturated rings. The lowest BCUT2D eigenvalue weighted by Gasteiger charge is -2.31. The zero-order valence-electron chi connectivity index (χ0n) is 11.8. The number of rotatable bonds is 5. The van der Waals surface area contributed by atoms with Gasteiger partial charge in [-0.05, 0) is 37.4 Å². The van der Waals surface area contributed by atoms with Crippen LogP contribution in [-0.2, 0) is 6.42 Å². The average Bonchev–Trinajstić information content (AvgIpc) is 2.48. The molecule has 1 aromatic carbocycles. The number of aliphatic hydroxyl groups is 1. The van der Waals surface area contributed by atoms with Crippen LogP contribution in [0.15, 0.2) is 24.3 Å². The normalized spacial score (nSPS) is 22.5. The lowest BCUT2D eigenvalue weighted by atomic mass is 9.85. The van der Waals surface area contributed by atoms with Crippen molar-refractivity contribution in [2.75, 3.05) is 13.2 Å². The number of amides is 1. The summed E-state index contributed by atoms with van der Waals surface area (Å²) in [6.07, 6.45) is 4.91. The largest absolute Gasteiger partial charge is 0.396 e. The SMILES string of the molecule is NCCc1ccccc1C(=O)NC1CCCCC1CO. The Morgan fingerprint density at radius 3 is 2.80 bits per heavy atom. The maximum absolute atomic E-state index is 12.4. The minimum Gasteiger partial charge on any atom is -0.396 e. The van der Waals surface area contributed by atoms with Crippen molar-refractivity contribution in [2.45, 2.75) is 38.1 Å². The molecule has 2 unspecified atom stereocenters. The lowest BCUT2D eigenvalue weighted by Crippen LogP contribution is -2.43. The number of benzene rings is 1. The first-order valence-electron chi connectivity index (χ1n) is 7.46. The number of aliphatic hydroxyl groups excluding tert-OH is 1. The van der Waals surface area contributed by atoms with E-state index in [1.807, 2.05) is 24.3 Å². The summed E-state index contributed by atoms with van der Waals surface area (Å²) in [7, 11) is 0. The van der Waals surface area contributed by atoms with E-state index in [4.69, 9.17) is 5.73 Å². The molecular formula is C16H24N2O2. The van der Waals surface area contributed by atoms with Crippen LogP contribution in [0.2, 0.25) is 0 Å². The van der Waals surface area contributed by atoms with Gasteiger partial charge in [-0.3, -0.25) is 4.79 Å². The Morgan fingerprint density at radius 2 is 2.05 bits per heavy atom. The Balaban J connectivity index is 2.07. The van der Waals surface area contributed by atoms with Crippen LogP contribution in [0.3, 0.4) is 0 Å². The van der Waals surface area contributed by atoms with E-state index < -0.39 is 0 Å². The maximum Gasteiger partial charge on any atom is 0.251 e. The summed E-state index contributed by atoms with van der Waals surface area (Å²) in [6.45, 7) is 0.683. The van der Waals surface area contributed by atoms with Gasteiger partial charge in [0.2, 0.25) is 0 Å². The molecular weight excluding hydrogens is 252 g/mol. The van der Waals surface area contributed by atoms with Crippen molar-refractivity contribution in [3.05, 3.63) is 35.4 Å². The lowest BCUT2D eigenvalue weighted by molar-refractivity contribution is 0.0871. The van der Waals surface area contributed by atoms with Crippen molar-refractivity contribution < 1.29 is 9.90 Å². The quantitative estimate of drug-likeness (QED) is 0.762. The monoisotopic (exact) mass is 276 g/mol. The Kier molecular flexibility index (Phi) is 5.56. The zero-order chi connectivity index (χ0) is 14.4. The fourth-order valence-corrected chi connectivity index (χ4v) is 2.98. The molecule has 0 saturated heterocycles. The summed E-state index contributed by atoms with van der Waals surface area (Å²) in [5.41, 5.74) is 7.29. The van der Waals surface area contributed by atoms with Crippen molar-refractivity contribution in [3.8, 4) is 0 Å². The molecule has 1 aliphatic rings. The van der Waals surface area contributed by atoms with Gasteiger partial charge >= 0.3 is 0 Å². The van der Waals surface area contributed by atoms with Gasteiger partial charge in [0.1, 0.15) is 0 Å². The smallest absolute Gasteiger partial charge is 0.251 e.